The SMILES string of the molecule is O=S(=O)(c1ccccc1)N1NC(c2cccs2)=CC1c1ccc(F)cc1. The largest absolute Gasteiger partial charge is 0.303 e. The van der Waals surface area contributed by atoms with E-state index in [1.807, 2.05) is 23.6 Å². The van der Waals surface area contributed by atoms with Gasteiger partial charge in [0.1, 0.15) is 5.82 Å². The van der Waals surface area contributed by atoms with Gasteiger partial charge in [-0.05, 0) is 47.4 Å². The summed E-state index contributed by atoms with van der Waals surface area (Å²) < 4.78 is 40.9. The molecule has 132 valence electrons. The molecule has 26 heavy (non-hydrogen) atoms. The fraction of sp³-hybridized carbons (Fsp3) is 0.0526. The summed E-state index contributed by atoms with van der Waals surface area (Å²) in [7, 11) is -3.79. The van der Waals surface area contributed by atoms with Crippen LogP contribution >= 0.6 is 11.3 Å². The molecule has 1 aliphatic rings. The van der Waals surface area contributed by atoms with Crippen LogP contribution in [-0.2, 0) is 10.0 Å². The van der Waals surface area contributed by atoms with Gasteiger partial charge in [-0.2, -0.15) is 0 Å². The van der Waals surface area contributed by atoms with Gasteiger partial charge in [0.05, 0.1) is 21.5 Å². The van der Waals surface area contributed by atoms with Crippen molar-refractivity contribution in [1.82, 2.24) is 9.84 Å². The van der Waals surface area contributed by atoms with E-state index in [2.05, 4.69) is 5.43 Å². The lowest BCUT2D eigenvalue weighted by Crippen LogP contribution is -2.39. The van der Waals surface area contributed by atoms with Gasteiger partial charge in [-0.25, -0.2) is 12.8 Å². The molecule has 0 saturated carbocycles. The smallest absolute Gasteiger partial charge is 0.260 e. The summed E-state index contributed by atoms with van der Waals surface area (Å²) in [5.74, 6) is -0.361. The third-order valence-corrected chi connectivity index (χ3v) is 6.71. The second-order valence-corrected chi connectivity index (χ2v) is 8.54. The first-order valence-corrected chi connectivity index (χ1v) is 10.2. The topological polar surface area (TPSA) is 49.4 Å². The second kappa shape index (κ2) is 6.68. The van der Waals surface area contributed by atoms with Gasteiger partial charge in [0, 0.05) is 0 Å². The Hall–Kier alpha value is -2.48. The summed E-state index contributed by atoms with van der Waals surface area (Å²) in [6.07, 6.45) is 1.85. The second-order valence-electron chi connectivity index (χ2n) is 5.78. The Bertz CT molecular complexity index is 1030. The molecule has 1 unspecified atom stereocenters. The number of nitrogens with one attached hydrogen (secondary N) is 1. The first kappa shape index (κ1) is 17.0. The highest BCUT2D eigenvalue weighted by Crippen LogP contribution is 2.36. The van der Waals surface area contributed by atoms with E-state index >= 15 is 0 Å². The number of hydrogen-bond donors (Lipinski definition) is 1. The molecule has 0 spiro atoms. The van der Waals surface area contributed by atoms with E-state index in [4.69, 9.17) is 0 Å². The van der Waals surface area contributed by atoms with E-state index < -0.39 is 16.1 Å². The Morgan fingerprint density at radius 1 is 0.962 bits per heavy atom. The molecule has 1 aliphatic heterocycles. The van der Waals surface area contributed by atoms with Gasteiger partial charge in [-0.3, -0.25) is 0 Å². The first-order valence-electron chi connectivity index (χ1n) is 7.93. The lowest BCUT2D eigenvalue weighted by atomic mass is 10.1. The molecule has 3 aromatic rings. The molecule has 0 radical (unpaired) electrons. The standard InChI is InChI=1S/C19H15FN2O2S2/c20-15-10-8-14(9-11-15)18-13-17(19-7-4-12-25-19)21-22(18)26(23,24)16-5-2-1-3-6-16/h1-13,18,21H. The molecule has 2 heterocycles. The molecule has 7 heteroatoms. The number of hydrogen-bond acceptors (Lipinski definition) is 4. The van der Waals surface area contributed by atoms with Crippen molar-refractivity contribution in [3.05, 3.63) is 94.4 Å². The van der Waals surface area contributed by atoms with E-state index in [9.17, 15) is 12.8 Å². The predicted octanol–water partition coefficient (Wildman–Crippen LogP) is 4.18. The molecule has 0 amide bonds. The van der Waals surface area contributed by atoms with Crippen LogP contribution in [0.5, 0.6) is 0 Å². The van der Waals surface area contributed by atoms with Gasteiger partial charge in [-0.1, -0.05) is 36.4 Å². The minimum atomic E-state index is -3.79. The maximum absolute atomic E-state index is 13.3. The summed E-state index contributed by atoms with van der Waals surface area (Å²) in [6, 6.07) is 17.4. The molecule has 0 bridgehead atoms. The summed E-state index contributed by atoms with van der Waals surface area (Å²) in [5, 5.41) is 1.93. The molecule has 0 aliphatic carbocycles. The van der Waals surface area contributed by atoms with E-state index in [1.165, 1.54) is 27.9 Å². The molecule has 4 rings (SSSR count). The zero-order valence-corrected chi connectivity index (χ0v) is 15.2. The molecular formula is C19H15FN2O2S2. The minimum Gasteiger partial charge on any atom is -0.303 e. The number of halogens is 1. The molecule has 1 aromatic heterocycles. The van der Waals surface area contributed by atoms with Crippen LogP contribution in [0.2, 0.25) is 0 Å². The Morgan fingerprint density at radius 2 is 1.69 bits per heavy atom. The number of benzene rings is 2. The van der Waals surface area contributed by atoms with Gasteiger partial charge < -0.3 is 5.43 Å². The molecular weight excluding hydrogens is 371 g/mol. The summed E-state index contributed by atoms with van der Waals surface area (Å²) in [6.45, 7) is 0. The number of rotatable bonds is 4. The van der Waals surface area contributed by atoms with Crippen LogP contribution in [-0.4, -0.2) is 12.8 Å². The van der Waals surface area contributed by atoms with E-state index in [1.54, 1.807) is 42.5 Å². The monoisotopic (exact) mass is 386 g/mol. The maximum Gasteiger partial charge on any atom is 0.260 e. The molecule has 0 fully saturated rings. The number of sulfonamides is 1. The van der Waals surface area contributed by atoms with Gasteiger partial charge in [-0.15, -0.1) is 15.8 Å². The Labute approximate surface area is 155 Å². The van der Waals surface area contributed by atoms with Crippen LogP contribution in [0.4, 0.5) is 4.39 Å². The Balaban J connectivity index is 1.79. The van der Waals surface area contributed by atoms with Crippen molar-refractivity contribution in [2.75, 3.05) is 0 Å². The van der Waals surface area contributed by atoms with Crippen LogP contribution in [0.15, 0.2) is 83.1 Å². The summed E-state index contributed by atoms with van der Waals surface area (Å²) in [5.41, 5.74) is 4.42. The predicted molar refractivity (Wildman–Crippen MR) is 100 cm³/mol. The fourth-order valence-corrected chi connectivity index (χ4v) is 4.96. The van der Waals surface area contributed by atoms with Crippen molar-refractivity contribution in [3.8, 4) is 0 Å². The summed E-state index contributed by atoms with van der Waals surface area (Å²) >= 11 is 1.52. The average Bonchev–Trinajstić information content (AvgIpc) is 3.33. The van der Waals surface area contributed by atoms with Crippen LogP contribution in [0.3, 0.4) is 0 Å². The lowest BCUT2D eigenvalue weighted by molar-refractivity contribution is 0.348. The van der Waals surface area contributed by atoms with Crippen LogP contribution in [0, 0.1) is 5.82 Å². The van der Waals surface area contributed by atoms with Crippen LogP contribution < -0.4 is 5.43 Å². The zero-order chi connectivity index (χ0) is 18.1. The van der Waals surface area contributed by atoms with Crippen molar-refractivity contribution in [2.45, 2.75) is 10.9 Å². The Kier molecular flexibility index (Phi) is 4.36. The quantitative estimate of drug-likeness (QED) is 0.732. The van der Waals surface area contributed by atoms with Crippen LogP contribution in [0.25, 0.3) is 5.70 Å². The van der Waals surface area contributed by atoms with Crippen molar-refractivity contribution in [1.29, 1.82) is 0 Å². The molecule has 1 atom stereocenters. The molecule has 1 N–H and O–H groups in total. The van der Waals surface area contributed by atoms with Crippen molar-refractivity contribution >= 4 is 27.1 Å². The van der Waals surface area contributed by atoms with Gasteiger partial charge in [0.15, 0.2) is 0 Å². The minimum absolute atomic E-state index is 0.195. The van der Waals surface area contributed by atoms with Gasteiger partial charge in [0.25, 0.3) is 10.0 Å². The molecule has 4 nitrogen and oxygen atoms in total. The van der Waals surface area contributed by atoms with E-state index in [0.29, 0.717) is 11.3 Å². The third kappa shape index (κ3) is 3.05. The maximum atomic E-state index is 13.3. The highest BCUT2D eigenvalue weighted by Gasteiger charge is 2.37. The van der Waals surface area contributed by atoms with E-state index in [-0.39, 0.29) is 10.7 Å². The van der Waals surface area contributed by atoms with E-state index in [0.717, 1.165) is 4.88 Å². The Morgan fingerprint density at radius 3 is 2.35 bits per heavy atom. The molecule has 2 aromatic carbocycles. The van der Waals surface area contributed by atoms with Crippen molar-refractivity contribution < 1.29 is 12.8 Å². The number of thiophene rings is 1. The van der Waals surface area contributed by atoms with Gasteiger partial charge in [0.2, 0.25) is 0 Å². The highest BCUT2D eigenvalue weighted by molar-refractivity contribution is 7.89. The highest BCUT2D eigenvalue weighted by atomic mass is 32.2. The zero-order valence-electron chi connectivity index (χ0n) is 13.5. The number of hydrazine groups is 1. The number of nitrogens with zero attached hydrogens (tertiary/aromatic N) is 1. The first-order chi connectivity index (χ1) is 12.6. The normalized spacial score (nSPS) is 17.7. The molecule has 0 saturated heterocycles. The fourth-order valence-electron chi connectivity index (χ4n) is 2.83. The summed E-state index contributed by atoms with van der Waals surface area (Å²) in [4.78, 5) is 1.13. The third-order valence-electron chi connectivity index (χ3n) is 4.11. The van der Waals surface area contributed by atoms with Gasteiger partial charge >= 0.3 is 0 Å². The van der Waals surface area contributed by atoms with Crippen LogP contribution in [0.1, 0.15) is 16.5 Å². The van der Waals surface area contributed by atoms with Crippen molar-refractivity contribution in [3.63, 3.8) is 0 Å². The lowest BCUT2D eigenvalue weighted by Gasteiger charge is -2.24. The van der Waals surface area contributed by atoms with Crippen molar-refractivity contribution in [2.24, 2.45) is 0 Å². The average molecular weight is 386 g/mol.